The normalized spacial score (nSPS) is 12.6. The molecule has 0 radical (unpaired) electrons. The van der Waals surface area contributed by atoms with E-state index in [2.05, 4.69) is 22.0 Å². The number of hydrogen-bond donors (Lipinski definition) is 1. The number of nitrogens with two attached hydrogens (primary N) is 1. The first-order chi connectivity index (χ1) is 8.70. The summed E-state index contributed by atoms with van der Waals surface area (Å²) in [6, 6.07) is 1.08. The minimum Gasteiger partial charge on any atom is -0.324 e. The minimum atomic E-state index is -0.377. The van der Waals surface area contributed by atoms with E-state index in [1.165, 1.54) is 12.4 Å². The molecule has 2 N–H and O–H groups in total. The van der Waals surface area contributed by atoms with Crippen molar-refractivity contribution in [3.8, 4) is 0 Å². The predicted molar refractivity (Wildman–Crippen MR) is 65.1 cm³/mol. The number of halogens is 1. The van der Waals surface area contributed by atoms with Crippen molar-refractivity contribution in [2.45, 2.75) is 32.4 Å². The van der Waals surface area contributed by atoms with E-state index in [1.807, 2.05) is 4.68 Å². The Kier molecular flexibility index (Phi) is 3.99. The minimum absolute atomic E-state index is 0.326. The first kappa shape index (κ1) is 12.6. The number of hydrogen-bond acceptors (Lipinski definition) is 4. The first-order valence-electron chi connectivity index (χ1n) is 5.93. The molecule has 0 aliphatic rings. The van der Waals surface area contributed by atoms with Crippen molar-refractivity contribution in [3.63, 3.8) is 0 Å². The SMILES string of the molecule is CCCn1ncnc1CC(N)c1cncc(F)c1. The molecule has 0 saturated heterocycles. The molecule has 6 heteroatoms. The Balaban J connectivity index is 2.11. The van der Waals surface area contributed by atoms with Gasteiger partial charge in [0.15, 0.2) is 0 Å². The first-order valence-corrected chi connectivity index (χ1v) is 5.93. The van der Waals surface area contributed by atoms with Gasteiger partial charge in [0.1, 0.15) is 18.0 Å². The van der Waals surface area contributed by atoms with Crippen LogP contribution in [0.3, 0.4) is 0 Å². The summed E-state index contributed by atoms with van der Waals surface area (Å²) in [5.74, 6) is 0.437. The number of rotatable bonds is 5. The molecule has 0 aliphatic carbocycles. The summed E-state index contributed by atoms with van der Waals surface area (Å²) in [4.78, 5) is 7.98. The highest BCUT2D eigenvalue weighted by Gasteiger charge is 2.12. The van der Waals surface area contributed by atoms with Gasteiger partial charge in [-0.3, -0.25) is 9.67 Å². The predicted octanol–water partition coefficient (Wildman–Crippen LogP) is 1.46. The van der Waals surface area contributed by atoms with Crippen LogP contribution in [0.25, 0.3) is 0 Å². The molecule has 5 nitrogen and oxygen atoms in total. The third-order valence-corrected chi connectivity index (χ3v) is 2.69. The molecule has 0 amide bonds. The van der Waals surface area contributed by atoms with Crippen LogP contribution in [0.15, 0.2) is 24.8 Å². The molecule has 0 bridgehead atoms. The number of nitrogens with zero attached hydrogens (tertiary/aromatic N) is 4. The summed E-state index contributed by atoms with van der Waals surface area (Å²) in [5.41, 5.74) is 6.70. The van der Waals surface area contributed by atoms with Crippen LogP contribution in [0.2, 0.25) is 0 Å². The fraction of sp³-hybridized carbons (Fsp3) is 0.417. The molecule has 18 heavy (non-hydrogen) atoms. The van der Waals surface area contributed by atoms with Crippen molar-refractivity contribution >= 4 is 0 Å². The monoisotopic (exact) mass is 249 g/mol. The van der Waals surface area contributed by atoms with Crippen molar-refractivity contribution in [1.29, 1.82) is 0 Å². The van der Waals surface area contributed by atoms with Gasteiger partial charge in [0, 0.05) is 25.2 Å². The Morgan fingerprint density at radius 2 is 2.28 bits per heavy atom. The molecular weight excluding hydrogens is 233 g/mol. The fourth-order valence-corrected chi connectivity index (χ4v) is 1.79. The lowest BCUT2D eigenvalue weighted by atomic mass is 10.1. The Labute approximate surface area is 105 Å². The van der Waals surface area contributed by atoms with Gasteiger partial charge >= 0.3 is 0 Å². The van der Waals surface area contributed by atoms with Crippen LogP contribution in [-0.2, 0) is 13.0 Å². The summed E-state index contributed by atoms with van der Waals surface area (Å²) in [6.45, 7) is 2.88. The van der Waals surface area contributed by atoms with Crippen molar-refractivity contribution in [1.82, 2.24) is 19.7 Å². The van der Waals surface area contributed by atoms with Gasteiger partial charge in [0.2, 0.25) is 0 Å². The van der Waals surface area contributed by atoms with Gasteiger partial charge in [-0.25, -0.2) is 9.37 Å². The molecule has 2 heterocycles. The van der Waals surface area contributed by atoms with Crippen molar-refractivity contribution in [3.05, 3.63) is 42.0 Å². The maximum Gasteiger partial charge on any atom is 0.141 e. The quantitative estimate of drug-likeness (QED) is 0.871. The Morgan fingerprint density at radius 3 is 3.00 bits per heavy atom. The molecule has 0 aromatic carbocycles. The Hall–Kier alpha value is -1.82. The number of aryl methyl sites for hydroxylation is 1. The molecule has 0 fully saturated rings. The van der Waals surface area contributed by atoms with E-state index in [1.54, 1.807) is 6.20 Å². The van der Waals surface area contributed by atoms with E-state index < -0.39 is 0 Å². The van der Waals surface area contributed by atoms with Crippen LogP contribution in [-0.4, -0.2) is 19.7 Å². The van der Waals surface area contributed by atoms with Gasteiger partial charge in [-0.05, 0) is 18.1 Å². The average Bonchev–Trinajstić information content (AvgIpc) is 2.77. The second-order valence-electron chi connectivity index (χ2n) is 4.15. The molecule has 0 aliphatic heterocycles. The summed E-state index contributed by atoms with van der Waals surface area (Å²) < 4.78 is 14.9. The molecule has 2 aromatic heterocycles. The van der Waals surface area contributed by atoms with Crippen LogP contribution < -0.4 is 5.73 Å². The van der Waals surface area contributed by atoms with Crippen LogP contribution in [0.1, 0.15) is 30.8 Å². The van der Waals surface area contributed by atoms with E-state index in [0.717, 1.165) is 25.0 Å². The third-order valence-electron chi connectivity index (χ3n) is 2.69. The smallest absolute Gasteiger partial charge is 0.141 e. The number of pyridine rings is 1. The number of aromatic nitrogens is 4. The lowest BCUT2D eigenvalue weighted by molar-refractivity contribution is 0.545. The molecule has 1 unspecified atom stereocenters. The van der Waals surface area contributed by atoms with E-state index in [9.17, 15) is 4.39 Å². The summed E-state index contributed by atoms with van der Waals surface area (Å²) in [5, 5.41) is 4.13. The molecule has 2 rings (SSSR count). The highest BCUT2D eigenvalue weighted by molar-refractivity contribution is 5.16. The molecule has 1 atom stereocenters. The highest BCUT2D eigenvalue weighted by atomic mass is 19.1. The molecule has 96 valence electrons. The van der Waals surface area contributed by atoms with Crippen molar-refractivity contribution in [2.24, 2.45) is 5.73 Å². The largest absolute Gasteiger partial charge is 0.324 e. The summed E-state index contributed by atoms with van der Waals surface area (Å²) in [6.07, 6.45) is 5.75. The summed E-state index contributed by atoms with van der Waals surface area (Å²) in [7, 11) is 0. The standard InChI is InChI=1S/C12H16FN5/c1-2-3-18-12(16-8-17-18)5-11(14)9-4-10(13)7-15-6-9/h4,6-8,11H,2-3,5,14H2,1H3. The maximum absolute atomic E-state index is 13.1. The van der Waals surface area contributed by atoms with E-state index in [-0.39, 0.29) is 11.9 Å². The fourth-order valence-electron chi connectivity index (χ4n) is 1.79. The Morgan fingerprint density at radius 1 is 1.44 bits per heavy atom. The van der Waals surface area contributed by atoms with Gasteiger partial charge in [-0.1, -0.05) is 6.92 Å². The van der Waals surface area contributed by atoms with E-state index >= 15 is 0 Å². The third kappa shape index (κ3) is 2.89. The summed E-state index contributed by atoms with van der Waals surface area (Å²) >= 11 is 0. The molecule has 0 spiro atoms. The van der Waals surface area contributed by atoms with E-state index in [0.29, 0.717) is 12.0 Å². The molecule has 0 saturated carbocycles. The lowest BCUT2D eigenvalue weighted by Gasteiger charge is -2.11. The van der Waals surface area contributed by atoms with E-state index in [4.69, 9.17) is 5.73 Å². The second-order valence-corrected chi connectivity index (χ2v) is 4.15. The second kappa shape index (κ2) is 5.68. The van der Waals surface area contributed by atoms with Crippen LogP contribution in [0.5, 0.6) is 0 Å². The maximum atomic E-state index is 13.1. The lowest BCUT2D eigenvalue weighted by Crippen LogP contribution is -2.17. The highest BCUT2D eigenvalue weighted by Crippen LogP contribution is 2.14. The molecule has 2 aromatic rings. The van der Waals surface area contributed by atoms with Gasteiger partial charge in [-0.2, -0.15) is 5.10 Å². The van der Waals surface area contributed by atoms with Crippen LogP contribution in [0, 0.1) is 5.82 Å². The zero-order chi connectivity index (χ0) is 13.0. The van der Waals surface area contributed by atoms with Gasteiger partial charge in [-0.15, -0.1) is 0 Å². The zero-order valence-corrected chi connectivity index (χ0v) is 10.3. The zero-order valence-electron chi connectivity index (χ0n) is 10.3. The van der Waals surface area contributed by atoms with Gasteiger partial charge in [0.25, 0.3) is 0 Å². The topological polar surface area (TPSA) is 69.6 Å². The van der Waals surface area contributed by atoms with Gasteiger partial charge < -0.3 is 5.73 Å². The van der Waals surface area contributed by atoms with Gasteiger partial charge in [0.05, 0.1) is 6.20 Å². The molecular formula is C12H16FN5. The van der Waals surface area contributed by atoms with Crippen molar-refractivity contribution < 1.29 is 4.39 Å². The Bertz CT molecular complexity index is 511. The van der Waals surface area contributed by atoms with Crippen LogP contribution >= 0.6 is 0 Å². The van der Waals surface area contributed by atoms with Crippen molar-refractivity contribution in [2.75, 3.05) is 0 Å². The average molecular weight is 249 g/mol. The van der Waals surface area contributed by atoms with Crippen LogP contribution in [0.4, 0.5) is 4.39 Å².